The molecule has 0 atom stereocenters. The van der Waals surface area contributed by atoms with Crippen LogP contribution in [0.25, 0.3) is 27.5 Å². The lowest BCUT2D eigenvalue weighted by molar-refractivity contribution is 0.570. The Morgan fingerprint density at radius 3 is 1.32 bits per heavy atom. The Labute approximate surface area is 477 Å². The molecule has 0 fully saturated rings. The van der Waals surface area contributed by atoms with Crippen molar-refractivity contribution in [2.45, 2.75) is 141 Å². The molecule has 2 aliphatic rings. The van der Waals surface area contributed by atoms with Gasteiger partial charge in [-0.05, 0) is 141 Å². The summed E-state index contributed by atoms with van der Waals surface area (Å²) in [5.74, 6) is 0. The first-order valence-corrected chi connectivity index (χ1v) is 31.5. The van der Waals surface area contributed by atoms with Gasteiger partial charge in [0.05, 0.1) is 16.7 Å². The van der Waals surface area contributed by atoms with E-state index in [0.29, 0.717) is 0 Å². The second-order valence-electron chi connectivity index (χ2n) is 27.9. The van der Waals surface area contributed by atoms with Crippen molar-refractivity contribution in [2.24, 2.45) is 0 Å². The highest BCUT2D eigenvalue weighted by Crippen LogP contribution is 2.50. The van der Waals surface area contributed by atoms with Crippen LogP contribution in [0.2, 0.25) is 0 Å². The fraction of sp³-hybridized carbons (Fsp3) is 0.270. The molecule has 1 aromatic heterocycles. The predicted octanol–water partition coefficient (Wildman–Crippen LogP) is 15.4. The lowest BCUT2D eigenvalue weighted by Crippen LogP contribution is -2.75. The SMILES string of the molecule is CC(C)(C)c1cc2c3c(c1)N(c1c(C(C)(C)C)cccc1C(C)(C)C)c1cc([Si](c4ccccc4)(c4ccccc4)c4ccccc4)ccc1B3c1ccc(-n3c4ccc(C(C)(C)C)cc4c4cc(C(C)(C)C)ccc43)cc1S2. The van der Waals surface area contributed by atoms with Gasteiger partial charge in [0.15, 0.2) is 8.07 Å². The van der Waals surface area contributed by atoms with Crippen molar-refractivity contribution in [3.05, 3.63) is 222 Å². The summed E-state index contributed by atoms with van der Waals surface area (Å²) in [4.78, 5) is 5.42. The first kappa shape index (κ1) is 52.9. The van der Waals surface area contributed by atoms with E-state index in [1.807, 2.05) is 11.8 Å². The Hall–Kier alpha value is -6.79. The fourth-order valence-corrected chi connectivity index (χ4v) is 19.1. The van der Waals surface area contributed by atoms with Gasteiger partial charge in [-0.2, -0.15) is 0 Å². The fourth-order valence-electron chi connectivity index (χ4n) is 13.1. The van der Waals surface area contributed by atoms with Gasteiger partial charge in [0.2, 0.25) is 6.71 Å². The maximum absolute atomic E-state index is 2.97. The molecular formula is C74H77BN2SSi. The summed E-state index contributed by atoms with van der Waals surface area (Å²) in [6.07, 6.45) is 0. The highest BCUT2D eigenvalue weighted by molar-refractivity contribution is 8.00. The van der Waals surface area contributed by atoms with Crippen molar-refractivity contribution < 1.29 is 0 Å². The Bertz CT molecular complexity index is 3810. The van der Waals surface area contributed by atoms with Gasteiger partial charge in [-0.15, -0.1) is 0 Å². The number of benzene rings is 9. The first-order chi connectivity index (χ1) is 37.3. The summed E-state index contributed by atoms with van der Waals surface area (Å²) in [6, 6.07) is 76.2. The third-order valence-corrected chi connectivity index (χ3v) is 23.2. The van der Waals surface area contributed by atoms with Crippen LogP contribution in [0.1, 0.15) is 132 Å². The Morgan fingerprint density at radius 2 is 0.848 bits per heavy atom. The Kier molecular flexibility index (Phi) is 12.5. The number of rotatable bonds is 6. The summed E-state index contributed by atoms with van der Waals surface area (Å²) in [7, 11) is -2.97. The summed E-state index contributed by atoms with van der Waals surface area (Å²) in [5, 5.41) is 8.12. The van der Waals surface area contributed by atoms with Crippen molar-refractivity contribution in [1.29, 1.82) is 0 Å². The molecular weight excluding hydrogens is 988 g/mol. The van der Waals surface area contributed by atoms with E-state index < -0.39 is 8.07 Å². The standard InChI is InChI=1S/C74H77BN2SSi/c1-70(2,3)48-34-40-62-56(42-48)57-43-49(71(4,5)6)35-41-63(57)76(62)51-36-38-61-66(46-51)78-67-45-50(72(7,8)9)44-65-68(67)75(61)60-39-37-55(47-64(60)77(65)69-58(73(10,11)12)32-25-33-59(69)74(13,14)15)79(52-26-19-16-20-27-52,53-28-21-17-22-29-53)54-30-23-18-24-31-54/h16-47H,1-15H3. The number of nitrogens with zero attached hydrogens (tertiary/aromatic N) is 2. The summed E-state index contributed by atoms with van der Waals surface area (Å²) >= 11 is 1.97. The quantitative estimate of drug-likeness (QED) is 0.121. The van der Waals surface area contributed by atoms with E-state index in [1.54, 1.807) is 0 Å². The van der Waals surface area contributed by atoms with Crippen LogP contribution in [0.5, 0.6) is 0 Å². The molecule has 0 unspecified atom stereocenters. The number of anilines is 3. The highest BCUT2D eigenvalue weighted by atomic mass is 32.2. The average Bonchev–Trinajstić information content (AvgIpc) is 3.79. The minimum Gasteiger partial charge on any atom is -0.311 e. The molecule has 79 heavy (non-hydrogen) atoms. The summed E-state index contributed by atoms with van der Waals surface area (Å²) in [6.45, 7) is 35.5. The normalized spacial score (nSPS) is 13.9. The van der Waals surface area contributed by atoms with Crippen LogP contribution in [0, 0.1) is 0 Å². The lowest BCUT2D eigenvalue weighted by atomic mass is 9.34. The van der Waals surface area contributed by atoms with Crippen molar-refractivity contribution in [2.75, 3.05) is 4.90 Å². The van der Waals surface area contributed by atoms with Gasteiger partial charge < -0.3 is 9.47 Å². The van der Waals surface area contributed by atoms with Crippen LogP contribution >= 0.6 is 11.8 Å². The molecule has 396 valence electrons. The van der Waals surface area contributed by atoms with Crippen LogP contribution in [-0.4, -0.2) is 19.4 Å². The molecule has 0 N–H and O–H groups in total. The highest BCUT2D eigenvalue weighted by Gasteiger charge is 2.47. The number of hydrogen-bond acceptors (Lipinski definition) is 2. The molecule has 3 heterocycles. The van der Waals surface area contributed by atoms with Gasteiger partial charge in [0.25, 0.3) is 0 Å². The zero-order valence-corrected chi connectivity index (χ0v) is 51.2. The second-order valence-corrected chi connectivity index (χ2v) is 32.8. The van der Waals surface area contributed by atoms with Crippen molar-refractivity contribution in [3.8, 4) is 5.69 Å². The zero-order chi connectivity index (χ0) is 55.8. The van der Waals surface area contributed by atoms with Crippen LogP contribution < -0.4 is 42.0 Å². The van der Waals surface area contributed by atoms with Gasteiger partial charge in [-0.25, -0.2) is 0 Å². The van der Waals surface area contributed by atoms with Crippen LogP contribution in [0.15, 0.2) is 204 Å². The molecule has 0 spiro atoms. The lowest BCUT2D eigenvalue weighted by Gasteiger charge is -2.45. The first-order valence-electron chi connectivity index (χ1n) is 28.7. The Morgan fingerprint density at radius 1 is 0.367 bits per heavy atom. The van der Waals surface area contributed by atoms with Crippen LogP contribution in [0.3, 0.4) is 0 Å². The second kappa shape index (κ2) is 18.6. The molecule has 0 bridgehead atoms. The molecule has 10 aromatic rings. The van der Waals surface area contributed by atoms with Gasteiger partial charge in [-0.1, -0.05) is 261 Å². The maximum Gasteiger partial charge on any atom is 0.249 e. The van der Waals surface area contributed by atoms with Crippen molar-refractivity contribution in [3.63, 3.8) is 0 Å². The number of fused-ring (bicyclic) bond motifs is 7. The van der Waals surface area contributed by atoms with E-state index >= 15 is 0 Å². The molecule has 9 aromatic carbocycles. The van der Waals surface area contributed by atoms with Gasteiger partial charge in [-0.3, -0.25) is 0 Å². The number of para-hydroxylation sites is 1. The number of aromatic nitrogens is 1. The van der Waals surface area contributed by atoms with Gasteiger partial charge in [0, 0.05) is 37.6 Å². The summed E-state index contributed by atoms with van der Waals surface area (Å²) < 4.78 is 2.54. The van der Waals surface area contributed by atoms with E-state index in [4.69, 9.17) is 0 Å². The molecule has 0 radical (unpaired) electrons. The van der Waals surface area contributed by atoms with Gasteiger partial charge in [0.1, 0.15) is 0 Å². The average molecular weight is 1070 g/mol. The largest absolute Gasteiger partial charge is 0.311 e. The predicted molar refractivity (Wildman–Crippen MR) is 348 cm³/mol. The summed E-state index contributed by atoms with van der Waals surface area (Å²) in [5.41, 5.74) is 18.0. The monoisotopic (exact) mass is 1060 g/mol. The molecule has 0 amide bonds. The maximum atomic E-state index is 2.76. The minimum absolute atomic E-state index is 0.00687. The zero-order valence-electron chi connectivity index (χ0n) is 49.4. The molecule has 2 aliphatic heterocycles. The van der Waals surface area contributed by atoms with Crippen LogP contribution in [0.4, 0.5) is 17.1 Å². The molecule has 12 rings (SSSR count). The number of hydrogen-bond donors (Lipinski definition) is 0. The van der Waals surface area contributed by atoms with Crippen molar-refractivity contribution >= 4 is 103 Å². The van der Waals surface area contributed by atoms with Crippen LogP contribution in [-0.2, 0) is 27.1 Å². The topological polar surface area (TPSA) is 8.17 Å². The smallest absolute Gasteiger partial charge is 0.249 e. The third-order valence-electron chi connectivity index (χ3n) is 17.3. The minimum atomic E-state index is -2.97. The third kappa shape index (κ3) is 8.77. The molecule has 0 saturated heterocycles. The van der Waals surface area contributed by atoms with E-state index in [0.717, 1.165) is 0 Å². The molecule has 0 aliphatic carbocycles. The van der Waals surface area contributed by atoms with E-state index in [-0.39, 0.29) is 33.8 Å². The van der Waals surface area contributed by atoms with E-state index in [9.17, 15) is 0 Å². The van der Waals surface area contributed by atoms with E-state index in [1.165, 1.54) is 119 Å². The molecule has 0 saturated carbocycles. The van der Waals surface area contributed by atoms with Gasteiger partial charge >= 0.3 is 0 Å². The molecule has 5 heteroatoms. The molecule has 2 nitrogen and oxygen atoms in total. The Balaban J connectivity index is 1.18. The van der Waals surface area contributed by atoms with Crippen molar-refractivity contribution in [1.82, 2.24) is 4.57 Å². The van der Waals surface area contributed by atoms with E-state index in [2.05, 4.69) is 307 Å².